The van der Waals surface area contributed by atoms with E-state index >= 15 is 0 Å². The molecule has 0 saturated heterocycles. The van der Waals surface area contributed by atoms with Crippen molar-refractivity contribution in [3.8, 4) is 11.1 Å². The van der Waals surface area contributed by atoms with E-state index in [-0.39, 0.29) is 18.9 Å². The van der Waals surface area contributed by atoms with Gasteiger partial charge in [0.1, 0.15) is 18.2 Å². The zero-order chi connectivity index (χ0) is 28.9. The fraction of sp³-hybridized carbons (Fsp3) is 0.290. The van der Waals surface area contributed by atoms with Crippen molar-refractivity contribution < 1.29 is 28.7 Å². The second-order valence-electron chi connectivity index (χ2n) is 10.6. The van der Waals surface area contributed by atoms with Crippen LogP contribution in [0.5, 0.6) is 0 Å². The quantitative estimate of drug-likeness (QED) is 0.276. The van der Waals surface area contributed by atoms with Crippen molar-refractivity contribution in [3.05, 3.63) is 95.6 Å². The minimum absolute atomic E-state index is 0.0793. The van der Waals surface area contributed by atoms with Crippen molar-refractivity contribution in [3.63, 3.8) is 0 Å². The van der Waals surface area contributed by atoms with Crippen LogP contribution in [-0.2, 0) is 30.3 Å². The molecule has 3 aromatic rings. The predicted octanol–water partition coefficient (Wildman–Crippen LogP) is 3.97. The van der Waals surface area contributed by atoms with Crippen LogP contribution in [-0.4, -0.2) is 54.2 Å². The van der Waals surface area contributed by atoms with Gasteiger partial charge in [0.15, 0.2) is 0 Å². The first-order valence-corrected chi connectivity index (χ1v) is 13.0. The molecule has 0 unspecified atom stereocenters. The first kappa shape index (κ1) is 28.4. The van der Waals surface area contributed by atoms with Crippen molar-refractivity contribution >= 4 is 23.9 Å². The number of hydrogen-bond acceptors (Lipinski definition) is 6. The SMILES string of the molecule is CN(NC(=O)[C@H](Cc1ccccc1)NC(=O)C(=O)OC(C)(C)C)C(=O)OCC1c2ccccc2-c2ccccc21. The molecule has 40 heavy (non-hydrogen) atoms. The molecule has 0 radical (unpaired) electrons. The second-order valence-corrected chi connectivity index (χ2v) is 10.6. The Balaban J connectivity index is 1.41. The summed E-state index contributed by atoms with van der Waals surface area (Å²) < 4.78 is 10.7. The van der Waals surface area contributed by atoms with E-state index in [1.54, 1.807) is 45.0 Å². The molecule has 9 nitrogen and oxygen atoms in total. The van der Waals surface area contributed by atoms with Gasteiger partial charge in [-0.1, -0.05) is 78.9 Å². The van der Waals surface area contributed by atoms with E-state index in [2.05, 4.69) is 10.7 Å². The summed E-state index contributed by atoms with van der Waals surface area (Å²) in [7, 11) is 1.35. The average molecular weight is 544 g/mol. The van der Waals surface area contributed by atoms with E-state index in [4.69, 9.17) is 9.47 Å². The number of hydrazine groups is 1. The van der Waals surface area contributed by atoms with Crippen LogP contribution in [0.15, 0.2) is 78.9 Å². The van der Waals surface area contributed by atoms with Crippen molar-refractivity contribution in [2.75, 3.05) is 13.7 Å². The predicted molar refractivity (Wildman–Crippen MR) is 149 cm³/mol. The smallest absolute Gasteiger partial charge is 0.428 e. The van der Waals surface area contributed by atoms with Gasteiger partial charge in [0.2, 0.25) is 0 Å². The fourth-order valence-corrected chi connectivity index (χ4v) is 4.58. The van der Waals surface area contributed by atoms with Crippen LogP contribution < -0.4 is 10.7 Å². The lowest BCUT2D eigenvalue weighted by atomic mass is 9.98. The van der Waals surface area contributed by atoms with Gasteiger partial charge in [-0.3, -0.25) is 15.0 Å². The molecule has 0 aliphatic heterocycles. The highest BCUT2D eigenvalue weighted by Crippen LogP contribution is 2.44. The minimum atomic E-state index is -1.16. The molecular formula is C31H33N3O6. The van der Waals surface area contributed by atoms with Crippen molar-refractivity contribution in [2.45, 2.75) is 44.8 Å². The Bertz CT molecular complexity index is 1350. The number of nitrogens with zero attached hydrogens (tertiary/aromatic N) is 1. The van der Waals surface area contributed by atoms with E-state index in [0.717, 1.165) is 32.8 Å². The molecule has 4 rings (SSSR count). The molecule has 0 bridgehead atoms. The zero-order valence-corrected chi connectivity index (χ0v) is 23.0. The molecule has 0 spiro atoms. The van der Waals surface area contributed by atoms with Crippen LogP contribution in [0.25, 0.3) is 11.1 Å². The number of carbonyl (C=O) groups is 4. The summed E-state index contributed by atoms with van der Waals surface area (Å²) in [6.45, 7) is 4.98. The third-order valence-electron chi connectivity index (χ3n) is 6.38. The lowest BCUT2D eigenvalue weighted by molar-refractivity contribution is -0.163. The normalized spacial score (nSPS) is 12.9. The van der Waals surface area contributed by atoms with Gasteiger partial charge < -0.3 is 14.8 Å². The molecule has 3 aromatic carbocycles. The van der Waals surface area contributed by atoms with Gasteiger partial charge in [-0.25, -0.2) is 14.6 Å². The molecule has 0 saturated carbocycles. The lowest BCUT2D eigenvalue weighted by Gasteiger charge is -2.24. The standard InChI is InChI=1S/C31H33N3O6/c1-31(2,3)40-29(37)28(36)32-26(18-20-12-6-5-7-13-20)27(35)33-34(4)30(38)39-19-25-23-16-10-8-14-21(23)22-15-9-11-17-24(22)25/h5-17,25-26H,18-19H2,1-4H3,(H,32,36)(H,33,35)/t26-/m0/s1. The Morgan fingerprint density at radius 2 is 1.40 bits per heavy atom. The van der Waals surface area contributed by atoms with Crippen LogP contribution in [0, 0.1) is 0 Å². The van der Waals surface area contributed by atoms with Crippen LogP contribution in [0.1, 0.15) is 43.4 Å². The summed E-state index contributed by atoms with van der Waals surface area (Å²) in [6, 6.07) is 23.8. The molecule has 0 aromatic heterocycles. The molecule has 1 aliphatic carbocycles. The molecule has 2 N–H and O–H groups in total. The summed E-state index contributed by atoms with van der Waals surface area (Å²) in [4.78, 5) is 50.8. The second kappa shape index (κ2) is 12.0. The number of fused-ring (bicyclic) bond motifs is 3. The van der Waals surface area contributed by atoms with Gasteiger partial charge >= 0.3 is 18.0 Å². The topological polar surface area (TPSA) is 114 Å². The van der Waals surface area contributed by atoms with Gasteiger partial charge in [0, 0.05) is 19.4 Å². The van der Waals surface area contributed by atoms with Gasteiger partial charge in [-0.15, -0.1) is 0 Å². The number of benzene rings is 3. The molecule has 0 fully saturated rings. The number of esters is 1. The Kier molecular flexibility index (Phi) is 8.52. The van der Waals surface area contributed by atoms with Crippen LogP contribution in [0.4, 0.5) is 4.79 Å². The summed E-state index contributed by atoms with van der Waals surface area (Å²) in [5.41, 5.74) is 6.66. The van der Waals surface area contributed by atoms with Crippen molar-refractivity contribution in [2.24, 2.45) is 0 Å². The number of amides is 3. The van der Waals surface area contributed by atoms with E-state index < -0.39 is 35.5 Å². The first-order valence-electron chi connectivity index (χ1n) is 13.0. The number of carbonyl (C=O) groups excluding carboxylic acids is 4. The van der Waals surface area contributed by atoms with Crippen molar-refractivity contribution in [1.29, 1.82) is 0 Å². The highest BCUT2D eigenvalue weighted by molar-refractivity contribution is 6.33. The van der Waals surface area contributed by atoms with Gasteiger partial charge in [-0.2, -0.15) is 0 Å². The minimum Gasteiger partial charge on any atom is -0.453 e. The summed E-state index contributed by atoms with van der Waals surface area (Å²) in [6.07, 6.45) is -0.688. The number of hydrogen-bond donors (Lipinski definition) is 2. The molecule has 208 valence electrons. The van der Waals surface area contributed by atoms with Crippen LogP contribution >= 0.6 is 0 Å². The third-order valence-corrected chi connectivity index (χ3v) is 6.38. The summed E-state index contributed by atoms with van der Waals surface area (Å²) >= 11 is 0. The lowest BCUT2D eigenvalue weighted by Crippen LogP contribution is -2.55. The molecule has 3 amide bonds. The maximum atomic E-state index is 13.2. The van der Waals surface area contributed by atoms with Crippen LogP contribution in [0.2, 0.25) is 0 Å². The average Bonchev–Trinajstić information content (AvgIpc) is 3.24. The van der Waals surface area contributed by atoms with Crippen LogP contribution in [0.3, 0.4) is 0 Å². The Labute approximate surface area is 233 Å². The molecular weight excluding hydrogens is 510 g/mol. The van der Waals surface area contributed by atoms with Crippen molar-refractivity contribution in [1.82, 2.24) is 15.8 Å². The Morgan fingerprint density at radius 3 is 1.98 bits per heavy atom. The maximum Gasteiger partial charge on any atom is 0.428 e. The summed E-state index contributed by atoms with van der Waals surface area (Å²) in [5.74, 6) is -3.01. The maximum absolute atomic E-state index is 13.2. The highest BCUT2D eigenvalue weighted by atomic mass is 16.6. The van der Waals surface area contributed by atoms with E-state index in [9.17, 15) is 19.2 Å². The van der Waals surface area contributed by atoms with Gasteiger partial charge in [-0.05, 0) is 48.6 Å². The monoisotopic (exact) mass is 543 g/mol. The van der Waals surface area contributed by atoms with Gasteiger partial charge in [0.05, 0.1) is 0 Å². The molecule has 1 aliphatic rings. The van der Waals surface area contributed by atoms with E-state index in [1.807, 2.05) is 54.6 Å². The molecule has 1 atom stereocenters. The number of rotatable bonds is 6. The number of ether oxygens (including phenoxy) is 2. The fourth-order valence-electron chi connectivity index (χ4n) is 4.58. The Hall–Kier alpha value is -4.66. The van der Waals surface area contributed by atoms with E-state index in [1.165, 1.54) is 7.05 Å². The Morgan fingerprint density at radius 1 is 0.850 bits per heavy atom. The molecule has 9 heteroatoms. The summed E-state index contributed by atoms with van der Waals surface area (Å²) in [5, 5.41) is 3.35. The third kappa shape index (κ3) is 6.85. The highest BCUT2D eigenvalue weighted by Gasteiger charge is 2.31. The van der Waals surface area contributed by atoms with Gasteiger partial charge in [0.25, 0.3) is 5.91 Å². The van der Waals surface area contributed by atoms with E-state index in [0.29, 0.717) is 0 Å². The molecule has 0 heterocycles. The first-order chi connectivity index (χ1) is 19.0. The number of nitrogens with one attached hydrogen (secondary N) is 2. The largest absolute Gasteiger partial charge is 0.453 e. The zero-order valence-electron chi connectivity index (χ0n) is 23.0.